The molecule has 2 aromatic rings. The number of ether oxygens (including phenoxy) is 2. The minimum atomic E-state index is -1.72. The molecule has 0 bridgehead atoms. The van der Waals surface area contributed by atoms with E-state index < -0.39 is 92.9 Å². The maximum Gasteiger partial charge on any atom is 1.00 e. The fourth-order valence-corrected chi connectivity index (χ4v) is 10.0. The first-order valence-corrected chi connectivity index (χ1v) is 24.2. The van der Waals surface area contributed by atoms with Gasteiger partial charge in [-0.15, -0.1) is 12.0 Å². The van der Waals surface area contributed by atoms with Crippen LogP contribution in [0.15, 0.2) is 31.6 Å². The molecule has 8 atom stereocenters. The Morgan fingerprint density at radius 1 is 0.870 bits per heavy atom. The average Bonchev–Trinajstić information content (AvgIpc) is 3.56. The van der Waals surface area contributed by atoms with Crippen molar-refractivity contribution >= 4 is 72.4 Å². The van der Waals surface area contributed by atoms with Gasteiger partial charge in [-0.05, 0) is 0 Å². The minimum Gasteiger partial charge on any atom is -1.00 e. The number of rotatable bonds is 5. The van der Waals surface area contributed by atoms with Crippen molar-refractivity contribution in [3.63, 3.8) is 0 Å². The first kappa shape index (κ1) is 56.5. The Bertz CT molecular complexity index is 2040. The average molecular weight is 945 g/mol. The molecular formula is C26H34K2N4O15S6Si. The van der Waals surface area contributed by atoms with Crippen molar-refractivity contribution in [2.24, 2.45) is 0 Å². The molecule has 0 amide bonds. The number of aromatic amines is 2. The molecule has 0 aliphatic carbocycles. The number of aliphatic hydroxyl groups excluding tert-OH is 6. The molecule has 290 valence electrons. The number of aliphatic hydroxyl groups is 6. The van der Waals surface area contributed by atoms with Crippen LogP contribution in [-0.4, -0.2) is 114 Å². The number of terminal acetylenes is 1. The zero-order valence-corrected chi connectivity index (χ0v) is 41.2. The predicted molar refractivity (Wildman–Crippen MR) is 199 cm³/mol. The summed E-state index contributed by atoms with van der Waals surface area (Å²) in [7, 11) is 3.91. The van der Waals surface area contributed by atoms with Gasteiger partial charge < -0.3 is 51.7 Å². The zero-order chi connectivity index (χ0) is 39.8. The van der Waals surface area contributed by atoms with Gasteiger partial charge in [-0.2, -0.15) is 0 Å². The second kappa shape index (κ2) is 28.8. The van der Waals surface area contributed by atoms with E-state index in [1.54, 1.807) is 0 Å². The van der Waals surface area contributed by atoms with Crippen LogP contribution in [-0.2, 0) is 77.1 Å². The molecule has 4 rings (SSSR count). The normalized spacial score (nSPS) is 23.4. The summed E-state index contributed by atoms with van der Waals surface area (Å²) in [6.07, 6.45) is -2.62. The van der Waals surface area contributed by atoms with Crippen molar-refractivity contribution in [2.75, 3.05) is 13.2 Å². The molecule has 0 unspecified atom stereocenters. The molecule has 2 aromatic heterocycles. The number of carbonyl (C=O) groups excluding carboxylic acids is 1. The number of H-pyrrole nitrogens is 2. The maximum absolute atomic E-state index is 12.0. The summed E-state index contributed by atoms with van der Waals surface area (Å²) >= 11 is 9.03. The summed E-state index contributed by atoms with van der Waals surface area (Å²) in [6, 6.07) is 0. The third-order valence-electron chi connectivity index (χ3n) is 6.37. The number of nitrogens with one attached hydrogen (secondary N) is 2. The van der Waals surface area contributed by atoms with Gasteiger partial charge in [0, 0.05) is 70.3 Å². The summed E-state index contributed by atoms with van der Waals surface area (Å²) in [6.45, 7) is 4.83. The van der Waals surface area contributed by atoms with Crippen LogP contribution in [0.2, 0.25) is 19.6 Å². The van der Waals surface area contributed by atoms with Gasteiger partial charge >= 0.3 is 114 Å². The summed E-state index contributed by atoms with van der Waals surface area (Å²) < 4.78 is 12.3. The second-order valence-corrected chi connectivity index (χ2v) is 22.8. The van der Waals surface area contributed by atoms with Crippen LogP contribution in [0.4, 0.5) is 0 Å². The van der Waals surface area contributed by atoms with E-state index in [4.69, 9.17) is 36.2 Å². The van der Waals surface area contributed by atoms with Gasteiger partial charge in [0.15, 0.2) is 12.5 Å². The summed E-state index contributed by atoms with van der Waals surface area (Å²) in [5.41, 5.74) is 0.00643. The Labute approximate surface area is 415 Å². The summed E-state index contributed by atoms with van der Waals surface area (Å²) in [5, 5.41) is 65.6. The molecule has 19 nitrogen and oxygen atoms in total. The molecule has 8 N–H and O–H groups in total. The Hall–Kier alpha value is 0.400. The maximum atomic E-state index is 12.0. The Kier molecular flexibility index (Phi) is 30.1. The molecule has 0 saturated carbocycles. The molecule has 28 heteroatoms. The second-order valence-electron chi connectivity index (χ2n) is 11.0. The SMILES string of the molecule is C[Si](C)(C)[13C]#[13C]c1cn([C@@H]2O[C@H](CO)[C@H](O)[C@@H]2O)c(=O)[nH]c1=O.O=CO[O-].S=S=S=S=S=S.[13CH]#[13C]c1cn([C@@H]2O[C@H](CO)[C@H](O)[C@@H]2O)c(=O)[nH]c1=O.[H-].[K+].[K+]. The van der Waals surface area contributed by atoms with Crippen molar-refractivity contribution in [1.29, 1.82) is 0 Å². The molecule has 2 aliphatic rings. The molecule has 0 aromatic carbocycles. The van der Waals surface area contributed by atoms with Crippen LogP contribution in [0.1, 0.15) is 25.0 Å². The number of nitrogens with zero attached hydrogens (tertiary/aromatic N) is 2. The summed E-state index contributed by atoms with van der Waals surface area (Å²) in [4.78, 5) is 62.1. The number of aromatic nitrogens is 4. The predicted octanol–water partition coefficient (Wildman–Crippen LogP) is -12.0. The third kappa shape index (κ3) is 17.7. The van der Waals surface area contributed by atoms with Gasteiger partial charge in [-0.1, -0.05) is 31.5 Å². The molecule has 0 radical (unpaired) electrons. The van der Waals surface area contributed by atoms with Gasteiger partial charge in [0.25, 0.3) is 17.6 Å². The van der Waals surface area contributed by atoms with Crippen LogP contribution < -0.4 is 131 Å². The van der Waals surface area contributed by atoms with Gasteiger partial charge in [-0.25, -0.2) is 9.59 Å². The van der Waals surface area contributed by atoms with Crippen LogP contribution in [0, 0.1) is 23.8 Å². The van der Waals surface area contributed by atoms with Crippen molar-refractivity contribution in [3.8, 4) is 23.8 Å². The first-order chi connectivity index (χ1) is 24.5. The zero-order valence-electron chi connectivity index (χ0n) is 30.0. The number of hydrogen-bond acceptors (Lipinski definition) is 17. The van der Waals surface area contributed by atoms with Crippen LogP contribution in [0.5, 0.6) is 0 Å². The summed E-state index contributed by atoms with van der Waals surface area (Å²) in [5.74, 6) is 4.84. The van der Waals surface area contributed by atoms with Crippen LogP contribution >= 0.6 is 0 Å². The van der Waals surface area contributed by atoms with E-state index >= 15 is 0 Å². The van der Waals surface area contributed by atoms with Gasteiger partial charge in [0.2, 0.25) is 0 Å². The Morgan fingerprint density at radius 3 is 1.54 bits per heavy atom. The monoisotopic (exact) mass is 944 g/mol. The van der Waals surface area contributed by atoms with Crippen LogP contribution in [0.3, 0.4) is 0 Å². The van der Waals surface area contributed by atoms with Gasteiger partial charge in [-0.3, -0.25) is 33.5 Å². The molecule has 2 aliphatic heterocycles. The van der Waals surface area contributed by atoms with Crippen molar-refractivity contribution in [3.05, 3.63) is 65.2 Å². The molecule has 4 heterocycles. The topological polar surface area (TPSA) is 299 Å². The van der Waals surface area contributed by atoms with E-state index in [0.717, 1.165) is 15.3 Å². The fraction of sp³-hybridized carbons (Fsp3) is 0.500. The van der Waals surface area contributed by atoms with Crippen LogP contribution in [0.25, 0.3) is 0 Å². The molecule has 54 heavy (non-hydrogen) atoms. The first-order valence-electron chi connectivity index (χ1n) is 14.1. The standard InChI is InChI=1S/C14H20N2O6Si.C11H12N2O6.CH2O3.2K.S6.H/c1-23(2,3)5-4-8-6-16(14(21)15-12(8)20)13-11(19)10(18)9(7-17)22-13;1-2-5-3-13(11(18)12-9(5)17)10-8(16)7(15)6(4-14)19-10;2-1-4-3;;;1-3-5-6-4-2;/h6,9-11,13,17-19H,7H2,1-3H3,(H,15,20,21);1,3,6-8,10,14-16H,4H2,(H,12,17,18);1,3H;;;;/q;;;2*+1;;-1/p-1/t9-,10+,11+,13-;6-,7+,8+,10-;;;;;/m11...../s1/i4+1,5+1;1+1,2+1;;;;;. The molecule has 2 fully saturated rings. The van der Waals surface area contributed by atoms with E-state index in [9.17, 15) is 39.6 Å². The van der Waals surface area contributed by atoms with E-state index in [0.29, 0.717) is 0 Å². The van der Waals surface area contributed by atoms with Gasteiger partial charge in [0.05, 0.1) is 13.2 Å². The quantitative estimate of drug-likeness (QED) is 0.0345. The minimum absolute atomic E-state index is 0. The Morgan fingerprint density at radius 2 is 1.24 bits per heavy atom. The van der Waals surface area contributed by atoms with Crippen molar-refractivity contribution in [2.45, 2.75) is 68.7 Å². The molecule has 2 saturated heterocycles. The van der Waals surface area contributed by atoms with E-state index in [2.05, 4.69) is 49.6 Å². The number of hydrogen-bond donors (Lipinski definition) is 8. The molecule has 0 spiro atoms. The van der Waals surface area contributed by atoms with Crippen molar-refractivity contribution in [1.82, 2.24) is 19.1 Å². The smallest absolute Gasteiger partial charge is 1.00 e. The van der Waals surface area contributed by atoms with Crippen molar-refractivity contribution < 1.29 is 159 Å². The number of carbonyl (C=O) groups is 1. The van der Waals surface area contributed by atoms with E-state index in [1.807, 2.05) is 24.6 Å². The Balaban J connectivity index is -0.000000763. The third-order valence-corrected chi connectivity index (χ3v) is 13.9. The molecular weight excluding hydrogens is 911 g/mol. The van der Waals surface area contributed by atoms with E-state index in [-0.39, 0.29) is 122 Å². The van der Waals surface area contributed by atoms with Gasteiger partial charge in [0.1, 0.15) is 55.8 Å². The van der Waals surface area contributed by atoms with E-state index in [1.165, 1.54) is 41.7 Å². The fourth-order valence-electron chi connectivity index (χ4n) is 4.04. The largest absolute Gasteiger partial charge is 1.00 e.